The summed E-state index contributed by atoms with van der Waals surface area (Å²) in [7, 11) is 4.32. The zero-order valence-corrected chi connectivity index (χ0v) is 8.83. The molecule has 0 heterocycles. The van der Waals surface area contributed by atoms with Crippen LogP contribution in [-0.4, -0.2) is 37.7 Å². The highest BCUT2D eigenvalue weighted by Gasteiger charge is 2.22. The summed E-state index contributed by atoms with van der Waals surface area (Å²) in [5.74, 6) is 0. The van der Waals surface area contributed by atoms with Gasteiger partial charge in [-0.1, -0.05) is 6.08 Å². The zero-order chi connectivity index (χ0) is 9.68. The molecular weight excluding hydrogens is 162 g/mol. The van der Waals surface area contributed by atoms with Gasteiger partial charge in [0.1, 0.15) is 0 Å². The average molecular weight is 183 g/mol. The van der Waals surface area contributed by atoms with Gasteiger partial charge in [-0.25, -0.2) is 0 Å². The minimum atomic E-state index is 0.481. The Morgan fingerprint density at radius 1 is 1.31 bits per heavy atom. The van der Waals surface area contributed by atoms with Crippen LogP contribution in [0.25, 0.3) is 0 Å². The van der Waals surface area contributed by atoms with E-state index in [1.165, 1.54) is 25.7 Å². The van der Waals surface area contributed by atoms with Crippen molar-refractivity contribution in [3.8, 4) is 0 Å². The van der Waals surface area contributed by atoms with Gasteiger partial charge in [0.25, 0.3) is 0 Å². The first-order valence-corrected chi connectivity index (χ1v) is 5.13. The van der Waals surface area contributed by atoms with E-state index < -0.39 is 0 Å². The number of ether oxygens (including phenoxy) is 1. The van der Waals surface area contributed by atoms with E-state index in [1.807, 2.05) is 6.08 Å². The summed E-state index contributed by atoms with van der Waals surface area (Å²) in [5.41, 5.74) is 0. The molecule has 0 atom stereocenters. The third kappa shape index (κ3) is 3.49. The monoisotopic (exact) mass is 183 g/mol. The fourth-order valence-corrected chi connectivity index (χ4v) is 1.93. The molecule has 76 valence electrons. The van der Waals surface area contributed by atoms with Crippen LogP contribution in [0.2, 0.25) is 0 Å². The Bertz CT molecular complexity index is 148. The number of hydrogen-bond acceptors (Lipinski definition) is 2. The quantitative estimate of drug-likeness (QED) is 0.619. The Balaban J connectivity index is 2.18. The van der Waals surface area contributed by atoms with E-state index in [4.69, 9.17) is 4.74 Å². The largest absolute Gasteiger partial charge is 0.374 e. The zero-order valence-electron chi connectivity index (χ0n) is 8.83. The third-order valence-electron chi connectivity index (χ3n) is 2.82. The van der Waals surface area contributed by atoms with Crippen molar-refractivity contribution in [1.82, 2.24) is 4.90 Å². The van der Waals surface area contributed by atoms with Crippen LogP contribution in [0.4, 0.5) is 0 Å². The molecule has 0 aromatic carbocycles. The molecule has 1 aliphatic carbocycles. The molecule has 0 bridgehead atoms. The van der Waals surface area contributed by atoms with Crippen LogP contribution >= 0.6 is 0 Å². The molecular formula is C11H21NO. The molecule has 2 nitrogen and oxygen atoms in total. The SMILES string of the molecule is C=CCOC1CCC(N(C)C)CC1. The number of rotatable bonds is 4. The molecule has 1 fully saturated rings. The molecule has 1 rings (SSSR count). The van der Waals surface area contributed by atoms with Gasteiger partial charge < -0.3 is 9.64 Å². The van der Waals surface area contributed by atoms with Crippen LogP contribution < -0.4 is 0 Å². The lowest BCUT2D eigenvalue weighted by molar-refractivity contribution is 0.0286. The Kier molecular flexibility index (Phi) is 4.46. The van der Waals surface area contributed by atoms with E-state index >= 15 is 0 Å². The molecule has 1 saturated carbocycles. The van der Waals surface area contributed by atoms with E-state index in [0.29, 0.717) is 12.7 Å². The second kappa shape index (κ2) is 5.40. The van der Waals surface area contributed by atoms with Crippen molar-refractivity contribution >= 4 is 0 Å². The van der Waals surface area contributed by atoms with Gasteiger partial charge in [-0.3, -0.25) is 0 Å². The summed E-state index contributed by atoms with van der Waals surface area (Å²) < 4.78 is 5.62. The van der Waals surface area contributed by atoms with Gasteiger partial charge in [0.15, 0.2) is 0 Å². The van der Waals surface area contributed by atoms with E-state index in [9.17, 15) is 0 Å². The normalized spacial score (nSPS) is 29.2. The minimum absolute atomic E-state index is 0.481. The summed E-state index contributed by atoms with van der Waals surface area (Å²) in [5, 5.41) is 0. The van der Waals surface area contributed by atoms with Crippen LogP contribution in [-0.2, 0) is 4.74 Å². The molecule has 0 spiro atoms. The number of nitrogens with zero attached hydrogens (tertiary/aromatic N) is 1. The van der Waals surface area contributed by atoms with Crippen molar-refractivity contribution in [2.24, 2.45) is 0 Å². The minimum Gasteiger partial charge on any atom is -0.374 e. The molecule has 1 aliphatic rings. The van der Waals surface area contributed by atoms with E-state index in [1.54, 1.807) is 0 Å². The second-order valence-corrected chi connectivity index (χ2v) is 4.02. The Morgan fingerprint density at radius 3 is 2.38 bits per heavy atom. The molecule has 0 amide bonds. The lowest BCUT2D eigenvalue weighted by Crippen LogP contribution is -2.34. The first kappa shape index (κ1) is 10.7. The van der Waals surface area contributed by atoms with Gasteiger partial charge >= 0.3 is 0 Å². The van der Waals surface area contributed by atoms with Gasteiger partial charge in [-0.05, 0) is 39.8 Å². The molecule has 0 saturated heterocycles. The molecule has 0 radical (unpaired) electrons. The van der Waals surface area contributed by atoms with Crippen LogP contribution in [0.1, 0.15) is 25.7 Å². The first-order valence-electron chi connectivity index (χ1n) is 5.13. The summed E-state index contributed by atoms with van der Waals surface area (Å²) in [6.45, 7) is 4.36. The lowest BCUT2D eigenvalue weighted by Gasteiger charge is -2.32. The van der Waals surface area contributed by atoms with Crippen molar-refractivity contribution in [2.45, 2.75) is 37.8 Å². The average Bonchev–Trinajstić information content (AvgIpc) is 2.15. The molecule has 0 unspecified atom stereocenters. The maximum absolute atomic E-state index is 5.62. The van der Waals surface area contributed by atoms with E-state index in [0.717, 1.165) is 6.04 Å². The standard InChI is InChI=1S/C11H21NO/c1-4-9-13-11-7-5-10(6-8-11)12(2)3/h4,10-11H,1,5-9H2,2-3H3. The van der Waals surface area contributed by atoms with E-state index in [2.05, 4.69) is 25.6 Å². The van der Waals surface area contributed by atoms with Crippen LogP contribution in [0.5, 0.6) is 0 Å². The lowest BCUT2D eigenvalue weighted by atomic mass is 9.92. The van der Waals surface area contributed by atoms with Gasteiger partial charge in [-0.2, -0.15) is 0 Å². The van der Waals surface area contributed by atoms with Crippen molar-refractivity contribution < 1.29 is 4.74 Å². The van der Waals surface area contributed by atoms with Gasteiger partial charge in [0.2, 0.25) is 0 Å². The predicted octanol–water partition coefficient (Wildman–Crippen LogP) is 2.06. The second-order valence-electron chi connectivity index (χ2n) is 4.02. The highest BCUT2D eigenvalue weighted by Crippen LogP contribution is 2.23. The van der Waals surface area contributed by atoms with Crippen LogP contribution in [0.3, 0.4) is 0 Å². The fourth-order valence-electron chi connectivity index (χ4n) is 1.93. The van der Waals surface area contributed by atoms with Crippen molar-refractivity contribution in [1.29, 1.82) is 0 Å². The van der Waals surface area contributed by atoms with Gasteiger partial charge in [0, 0.05) is 6.04 Å². The number of hydrogen-bond donors (Lipinski definition) is 0. The van der Waals surface area contributed by atoms with Crippen molar-refractivity contribution in [3.63, 3.8) is 0 Å². The first-order chi connectivity index (χ1) is 6.24. The highest BCUT2D eigenvalue weighted by molar-refractivity contribution is 4.78. The Hall–Kier alpha value is -0.340. The smallest absolute Gasteiger partial charge is 0.0648 e. The molecule has 0 aromatic heterocycles. The summed E-state index contributed by atoms with van der Waals surface area (Å²) in [6.07, 6.45) is 7.27. The maximum atomic E-state index is 5.62. The molecule has 2 heteroatoms. The third-order valence-corrected chi connectivity index (χ3v) is 2.82. The Labute approximate surface area is 81.6 Å². The summed E-state index contributed by atoms with van der Waals surface area (Å²) >= 11 is 0. The predicted molar refractivity (Wildman–Crippen MR) is 55.9 cm³/mol. The van der Waals surface area contributed by atoms with Crippen molar-refractivity contribution in [2.75, 3.05) is 20.7 Å². The molecule has 0 aromatic rings. The molecule has 0 N–H and O–H groups in total. The van der Waals surface area contributed by atoms with E-state index in [-0.39, 0.29) is 0 Å². The molecule has 13 heavy (non-hydrogen) atoms. The topological polar surface area (TPSA) is 12.5 Å². The van der Waals surface area contributed by atoms with Crippen molar-refractivity contribution in [3.05, 3.63) is 12.7 Å². The van der Waals surface area contributed by atoms with Crippen LogP contribution in [0.15, 0.2) is 12.7 Å². The Morgan fingerprint density at radius 2 is 1.92 bits per heavy atom. The summed E-state index contributed by atoms with van der Waals surface area (Å²) in [4.78, 5) is 2.32. The maximum Gasteiger partial charge on any atom is 0.0648 e. The van der Waals surface area contributed by atoms with Gasteiger partial charge in [0.05, 0.1) is 12.7 Å². The molecule has 0 aliphatic heterocycles. The fraction of sp³-hybridized carbons (Fsp3) is 0.818. The van der Waals surface area contributed by atoms with Gasteiger partial charge in [-0.15, -0.1) is 6.58 Å². The summed E-state index contributed by atoms with van der Waals surface area (Å²) in [6, 6.07) is 0.767. The highest BCUT2D eigenvalue weighted by atomic mass is 16.5. The van der Waals surface area contributed by atoms with Crippen LogP contribution in [0, 0.1) is 0 Å².